The number of hydrogen-bond acceptors (Lipinski definition) is 2. The minimum absolute atomic E-state index is 0.190. The van der Waals surface area contributed by atoms with E-state index < -0.39 is 11.7 Å². The van der Waals surface area contributed by atoms with Crippen LogP contribution in [0, 0.1) is 0 Å². The van der Waals surface area contributed by atoms with Gasteiger partial charge in [-0.25, -0.2) is 0 Å². The number of fused-ring (bicyclic) bond motifs is 5. The molecular weight excluding hydrogens is 473 g/mol. The average Bonchev–Trinajstić information content (AvgIpc) is 2.85. The fourth-order valence-corrected chi connectivity index (χ4v) is 5.84. The average molecular weight is 499 g/mol. The van der Waals surface area contributed by atoms with Crippen LogP contribution in [0.4, 0.5) is 13.2 Å². The number of benzene rings is 4. The number of rotatable bonds is 5. The van der Waals surface area contributed by atoms with Gasteiger partial charge >= 0.3 is 6.18 Å². The van der Waals surface area contributed by atoms with Crippen molar-refractivity contribution in [3.05, 3.63) is 81.9 Å². The summed E-state index contributed by atoms with van der Waals surface area (Å²) in [5.74, 6) is 1.71. The molecule has 6 heteroatoms. The zero-order valence-corrected chi connectivity index (χ0v) is 20.4. The zero-order valence-electron chi connectivity index (χ0n) is 19.6. The Morgan fingerprint density at radius 2 is 1.71 bits per heavy atom. The van der Waals surface area contributed by atoms with Gasteiger partial charge in [-0.3, -0.25) is 0 Å². The van der Waals surface area contributed by atoms with Gasteiger partial charge in [0.2, 0.25) is 0 Å². The molecule has 0 radical (unpaired) electrons. The Balaban J connectivity index is 1.56. The Bertz CT molecular complexity index is 1410. The first-order valence-corrected chi connectivity index (χ1v) is 12.1. The van der Waals surface area contributed by atoms with Gasteiger partial charge in [-0.15, -0.1) is 0 Å². The van der Waals surface area contributed by atoms with Crippen LogP contribution in [0.3, 0.4) is 0 Å². The van der Waals surface area contributed by atoms with Crippen LogP contribution in [-0.4, -0.2) is 14.2 Å². The van der Waals surface area contributed by atoms with Crippen molar-refractivity contribution in [1.82, 2.24) is 0 Å². The molecule has 4 aromatic rings. The lowest BCUT2D eigenvalue weighted by atomic mass is 9.77. The third-order valence-electron chi connectivity index (χ3n) is 7.23. The molecule has 4 aromatic carbocycles. The summed E-state index contributed by atoms with van der Waals surface area (Å²) in [6.45, 7) is 0. The van der Waals surface area contributed by atoms with Gasteiger partial charge in [-0.1, -0.05) is 35.9 Å². The third-order valence-corrected chi connectivity index (χ3v) is 7.46. The number of halogens is 4. The van der Waals surface area contributed by atoms with Gasteiger partial charge in [0.05, 0.1) is 25.2 Å². The van der Waals surface area contributed by atoms with Gasteiger partial charge in [0.15, 0.2) is 0 Å². The van der Waals surface area contributed by atoms with Crippen LogP contribution in [0.25, 0.3) is 21.5 Å². The first-order valence-electron chi connectivity index (χ1n) is 11.8. The molecule has 0 unspecified atom stereocenters. The van der Waals surface area contributed by atoms with E-state index in [4.69, 9.17) is 21.1 Å². The first kappa shape index (κ1) is 23.8. The van der Waals surface area contributed by atoms with Crippen molar-refractivity contribution in [3.63, 3.8) is 0 Å². The molecule has 0 saturated heterocycles. The van der Waals surface area contributed by atoms with Crippen molar-refractivity contribution in [2.75, 3.05) is 14.2 Å². The molecule has 0 aliphatic heterocycles. The minimum Gasteiger partial charge on any atom is -0.496 e. The SMILES string of the molecule is COc1cccc2c1c(OC)cc1c3c(ccc12)[C@H](CCc1cc(Cl)ccc1C(F)(F)F)CCC3. The topological polar surface area (TPSA) is 18.5 Å². The maximum absolute atomic E-state index is 13.5. The van der Waals surface area contributed by atoms with Gasteiger partial charge in [0, 0.05) is 5.02 Å². The molecule has 0 bridgehead atoms. The maximum atomic E-state index is 13.5. The molecule has 0 aromatic heterocycles. The molecule has 0 fully saturated rings. The second-order valence-corrected chi connectivity index (χ2v) is 9.55. The molecule has 1 aliphatic carbocycles. The second-order valence-electron chi connectivity index (χ2n) is 9.12. The Kier molecular flexibility index (Phi) is 6.30. The van der Waals surface area contributed by atoms with E-state index in [1.165, 1.54) is 23.3 Å². The molecule has 0 saturated carbocycles. The molecule has 2 nitrogen and oxygen atoms in total. The van der Waals surface area contributed by atoms with Crippen molar-refractivity contribution in [1.29, 1.82) is 0 Å². The van der Waals surface area contributed by atoms with Crippen molar-refractivity contribution < 1.29 is 22.6 Å². The quantitative estimate of drug-likeness (QED) is 0.256. The molecule has 0 spiro atoms. The molecule has 35 heavy (non-hydrogen) atoms. The summed E-state index contributed by atoms with van der Waals surface area (Å²) in [6.07, 6.45) is -0.530. The Hall–Kier alpha value is -2.92. The number of methoxy groups -OCH3 is 2. The van der Waals surface area contributed by atoms with Crippen LogP contribution in [-0.2, 0) is 19.0 Å². The molecule has 1 atom stereocenters. The van der Waals surface area contributed by atoms with E-state index in [-0.39, 0.29) is 11.5 Å². The normalized spacial score (nSPS) is 15.9. The summed E-state index contributed by atoms with van der Waals surface area (Å²) in [6, 6.07) is 16.2. The minimum atomic E-state index is -4.39. The van der Waals surface area contributed by atoms with E-state index in [0.29, 0.717) is 17.9 Å². The highest BCUT2D eigenvalue weighted by Gasteiger charge is 2.33. The van der Waals surface area contributed by atoms with Gasteiger partial charge in [0.1, 0.15) is 11.5 Å². The number of alkyl halides is 3. The Morgan fingerprint density at radius 3 is 2.46 bits per heavy atom. The van der Waals surface area contributed by atoms with Crippen LogP contribution in [0.2, 0.25) is 5.02 Å². The summed E-state index contributed by atoms with van der Waals surface area (Å²) in [7, 11) is 3.31. The Morgan fingerprint density at radius 1 is 0.914 bits per heavy atom. The molecular formula is C29H26ClF3O2. The van der Waals surface area contributed by atoms with Gasteiger partial charge in [-0.05, 0) is 101 Å². The molecule has 182 valence electrons. The summed E-state index contributed by atoms with van der Waals surface area (Å²) in [4.78, 5) is 0. The number of ether oxygens (including phenoxy) is 2. The van der Waals surface area contributed by atoms with Crippen LogP contribution in [0.15, 0.2) is 54.6 Å². The lowest BCUT2D eigenvalue weighted by Gasteiger charge is -2.28. The highest BCUT2D eigenvalue weighted by Crippen LogP contribution is 2.45. The van der Waals surface area contributed by atoms with Crippen LogP contribution < -0.4 is 9.47 Å². The fraction of sp³-hybridized carbons (Fsp3) is 0.310. The predicted molar refractivity (Wildman–Crippen MR) is 135 cm³/mol. The summed E-state index contributed by atoms with van der Waals surface area (Å²) < 4.78 is 52.0. The third kappa shape index (κ3) is 4.31. The predicted octanol–water partition coefficient (Wildman–Crippen LogP) is 8.74. The summed E-state index contributed by atoms with van der Waals surface area (Å²) in [5, 5.41) is 4.62. The van der Waals surface area contributed by atoms with E-state index in [2.05, 4.69) is 24.3 Å². The van der Waals surface area contributed by atoms with Crippen molar-refractivity contribution in [2.24, 2.45) is 0 Å². The molecule has 0 heterocycles. The number of aryl methyl sites for hydroxylation is 2. The van der Waals surface area contributed by atoms with Crippen LogP contribution in [0.1, 0.15) is 47.4 Å². The monoisotopic (exact) mass is 498 g/mol. The lowest BCUT2D eigenvalue weighted by molar-refractivity contribution is -0.138. The summed E-state index contributed by atoms with van der Waals surface area (Å²) in [5.41, 5.74) is 2.16. The largest absolute Gasteiger partial charge is 0.496 e. The highest BCUT2D eigenvalue weighted by molar-refractivity contribution is 6.30. The zero-order chi connectivity index (χ0) is 24.7. The Labute approximate surface area is 207 Å². The first-order chi connectivity index (χ1) is 16.8. The van der Waals surface area contributed by atoms with Crippen LogP contribution >= 0.6 is 11.6 Å². The standard InChI is InChI=1S/C29H26ClF3O2/c1-34-26-8-4-7-23-22-13-12-20-17(5-3-6-21(20)24(22)16-27(35-2)28(23)26)9-10-18-15-19(30)11-14-25(18)29(31,32)33/h4,7-8,11-17H,3,5-6,9-10H2,1-2H3/t17-/m0/s1. The molecule has 5 rings (SSSR count). The van der Waals surface area contributed by atoms with E-state index in [1.807, 2.05) is 12.1 Å². The lowest BCUT2D eigenvalue weighted by Crippen LogP contribution is -2.13. The van der Waals surface area contributed by atoms with E-state index in [0.717, 1.165) is 58.4 Å². The van der Waals surface area contributed by atoms with Crippen molar-refractivity contribution in [2.45, 2.75) is 44.2 Å². The van der Waals surface area contributed by atoms with Crippen molar-refractivity contribution in [3.8, 4) is 11.5 Å². The highest BCUT2D eigenvalue weighted by atomic mass is 35.5. The fourth-order valence-electron chi connectivity index (χ4n) is 5.64. The van der Waals surface area contributed by atoms with Gasteiger partial charge in [0.25, 0.3) is 0 Å². The summed E-state index contributed by atoms with van der Waals surface area (Å²) >= 11 is 6.04. The van der Waals surface area contributed by atoms with E-state index in [9.17, 15) is 13.2 Å². The molecule has 0 amide bonds. The van der Waals surface area contributed by atoms with Gasteiger partial charge < -0.3 is 9.47 Å². The van der Waals surface area contributed by atoms with Crippen molar-refractivity contribution >= 4 is 33.1 Å². The van der Waals surface area contributed by atoms with E-state index in [1.54, 1.807) is 14.2 Å². The van der Waals surface area contributed by atoms with Gasteiger partial charge in [-0.2, -0.15) is 13.2 Å². The second kappa shape index (κ2) is 9.27. The smallest absolute Gasteiger partial charge is 0.416 e. The molecule has 0 N–H and O–H groups in total. The van der Waals surface area contributed by atoms with E-state index >= 15 is 0 Å². The maximum Gasteiger partial charge on any atom is 0.416 e. The van der Waals surface area contributed by atoms with Crippen LogP contribution in [0.5, 0.6) is 11.5 Å². The molecule has 1 aliphatic rings. The number of hydrogen-bond donors (Lipinski definition) is 0.